The second-order valence-electron chi connectivity index (χ2n) is 3.29. The Morgan fingerprint density at radius 3 is 1.83 bits per heavy atom. The van der Waals surface area contributed by atoms with Crippen molar-refractivity contribution >= 4 is 13.6 Å². The van der Waals surface area contributed by atoms with Gasteiger partial charge in [-0.2, -0.15) is 0 Å². The van der Waals surface area contributed by atoms with E-state index in [9.17, 15) is 9.36 Å². The SMILES string of the molecule is CC(C(C)(C)C(=O)O)P(=O)(O)O. The van der Waals surface area contributed by atoms with Gasteiger partial charge >= 0.3 is 13.6 Å². The lowest BCUT2D eigenvalue weighted by Gasteiger charge is -2.27. The molecule has 0 spiro atoms. The van der Waals surface area contributed by atoms with Gasteiger partial charge in [0.15, 0.2) is 0 Å². The first-order valence-electron chi connectivity index (χ1n) is 3.38. The summed E-state index contributed by atoms with van der Waals surface area (Å²) in [7, 11) is -4.31. The zero-order chi connectivity index (χ0) is 10.2. The molecule has 0 heterocycles. The number of carbonyl (C=O) groups is 1. The highest BCUT2D eigenvalue weighted by atomic mass is 31.2. The predicted molar refractivity (Wildman–Crippen MR) is 42.9 cm³/mol. The molecule has 0 amide bonds. The molecular formula is C6H13O5P. The molecule has 0 saturated heterocycles. The summed E-state index contributed by atoms with van der Waals surface area (Å²) in [5.74, 6) is -1.21. The van der Waals surface area contributed by atoms with Crippen LogP contribution in [0.4, 0.5) is 0 Å². The van der Waals surface area contributed by atoms with Gasteiger partial charge in [-0.05, 0) is 20.8 Å². The van der Waals surface area contributed by atoms with Crippen molar-refractivity contribution in [3.05, 3.63) is 0 Å². The van der Waals surface area contributed by atoms with Crippen LogP contribution in [0, 0.1) is 5.41 Å². The highest BCUT2D eigenvalue weighted by Gasteiger charge is 2.43. The summed E-state index contributed by atoms with van der Waals surface area (Å²) in [6.45, 7) is 3.81. The van der Waals surface area contributed by atoms with Crippen LogP contribution in [0.2, 0.25) is 0 Å². The average molecular weight is 196 g/mol. The molecule has 0 aromatic rings. The largest absolute Gasteiger partial charge is 0.481 e. The number of carboxylic acids is 1. The van der Waals surface area contributed by atoms with Crippen molar-refractivity contribution in [3.63, 3.8) is 0 Å². The van der Waals surface area contributed by atoms with Gasteiger partial charge in [0.05, 0.1) is 11.1 Å². The maximum atomic E-state index is 10.7. The van der Waals surface area contributed by atoms with Crippen LogP contribution in [0.25, 0.3) is 0 Å². The first kappa shape index (κ1) is 11.6. The first-order valence-corrected chi connectivity index (χ1v) is 5.07. The zero-order valence-electron chi connectivity index (χ0n) is 7.18. The van der Waals surface area contributed by atoms with Crippen molar-refractivity contribution in [3.8, 4) is 0 Å². The van der Waals surface area contributed by atoms with Gasteiger partial charge in [-0.15, -0.1) is 0 Å². The third-order valence-electron chi connectivity index (χ3n) is 2.10. The highest BCUT2D eigenvalue weighted by molar-refractivity contribution is 7.52. The van der Waals surface area contributed by atoms with Crippen molar-refractivity contribution in [2.24, 2.45) is 5.41 Å². The zero-order valence-corrected chi connectivity index (χ0v) is 8.08. The molecule has 0 aromatic heterocycles. The summed E-state index contributed by atoms with van der Waals surface area (Å²) >= 11 is 0. The summed E-state index contributed by atoms with van der Waals surface area (Å²) in [5, 5.41) is 8.63. The quantitative estimate of drug-likeness (QED) is 0.576. The third kappa shape index (κ3) is 2.30. The van der Waals surface area contributed by atoms with Crippen molar-refractivity contribution in [1.82, 2.24) is 0 Å². The van der Waals surface area contributed by atoms with Gasteiger partial charge in [-0.3, -0.25) is 9.36 Å². The molecule has 72 valence electrons. The Hall–Kier alpha value is -0.380. The van der Waals surface area contributed by atoms with E-state index in [2.05, 4.69) is 0 Å². The minimum absolute atomic E-state index is 1.18. The minimum atomic E-state index is -4.31. The molecule has 0 radical (unpaired) electrons. The maximum Gasteiger partial charge on any atom is 0.329 e. The van der Waals surface area contributed by atoms with E-state index in [1.54, 1.807) is 0 Å². The molecule has 3 N–H and O–H groups in total. The average Bonchev–Trinajstić information content (AvgIpc) is 1.83. The second kappa shape index (κ2) is 3.17. The summed E-state index contributed by atoms with van der Waals surface area (Å²) in [5.41, 5.74) is -2.58. The second-order valence-corrected chi connectivity index (χ2v) is 5.24. The van der Waals surface area contributed by atoms with E-state index in [1.165, 1.54) is 20.8 Å². The van der Waals surface area contributed by atoms with Gasteiger partial charge in [-0.25, -0.2) is 0 Å². The van der Waals surface area contributed by atoms with Crippen LogP contribution >= 0.6 is 7.60 Å². The number of aliphatic carboxylic acids is 1. The topological polar surface area (TPSA) is 94.8 Å². The molecule has 0 aromatic carbocycles. The van der Waals surface area contributed by atoms with Gasteiger partial charge in [0, 0.05) is 0 Å². The standard InChI is InChI=1S/C6H13O5P/c1-4(12(9,10)11)6(2,3)5(7)8/h4H,1-3H3,(H,7,8)(H2,9,10,11). The van der Waals surface area contributed by atoms with Crippen molar-refractivity contribution < 1.29 is 24.3 Å². The Morgan fingerprint density at radius 2 is 1.75 bits per heavy atom. The molecular weight excluding hydrogens is 183 g/mol. The molecule has 5 nitrogen and oxygen atoms in total. The van der Waals surface area contributed by atoms with E-state index in [0.717, 1.165) is 0 Å². The summed E-state index contributed by atoms with van der Waals surface area (Å²) in [6.07, 6.45) is 0. The molecule has 0 aliphatic rings. The lowest BCUT2D eigenvalue weighted by Crippen LogP contribution is -2.34. The fraction of sp³-hybridized carbons (Fsp3) is 0.833. The van der Waals surface area contributed by atoms with E-state index in [1.807, 2.05) is 0 Å². The Labute approximate surface area is 70.6 Å². The maximum absolute atomic E-state index is 10.7. The van der Waals surface area contributed by atoms with Gasteiger partial charge in [0.25, 0.3) is 0 Å². The minimum Gasteiger partial charge on any atom is -0.481 e. The van der Waals surface area contributed by atoms with Crippen molar-refractivity contribution in [1.29, 1.82) is 0 Å². The Balaban J connectivity index is 4.82. The van der Waals surface area contributed by atoms with Crippen LogP contribution in [0.5, 0.6) is 0 Å². The van der Waals surface area contributed by atoms with E-state index < -0.39 is 24.6 Å². The van der Waals surface area contributed by atoms with E-state index in [-0.39, 0.29) is 0 Å². The highest BCUT2D eigenvalue weighted by Crippen LogP contribution is 2.49. The number of carboxylic acid groups (broad SMARTS) is 1. The van der Waals surface area contributed by atoms with E-state index in [4.69, 9.17) is 14.9 Å². The summed E-state index contributed by atoms with van der Waals surface area (Å²) < 4.78 is 10.7. The third-order valence-corrected chi connectivity index (χ3v) is 3.75. The molecule has 0 aliphatic carbocycles. The predicted octanol–water partition coefficient (Wildman–Crippen LogP) is 0.663. The molecule has 1 unspecified atom stereocenters. The Morgan fingerprint density at radius 1 is 1.42 bits per heavy atom. The van der Waals surface area contributed by atoms with Crippen molar-refractivity contribution in [2.45, 2.75) is 26.4 Å². The Bertz CT molecular complexity index is 228. The van der Waals surface area contributed by atoms with Crippen LogP contribution in [-0.2, 0) is 9.36 Å². The normalized spacial score (nSPS) is 15.8. The van der Waals surface area contributed by atoms with Crippen molar-refractivity contribution in [2.75, 3.05) is 0 Å². The fourth-order valence-electron chi connectivity index (χ4n) is 0.599. The molecule has 6 heteroatoms. The molecule has 0 fully saturated rings. The number of hydrogen-bond donors (Lipinski definition) is 3. The van der Waals surface area contributed by atoms with Crippen LogP contribution in [-0.4, -0.2) is 26.5 Å². The van der Waals surface area contributed by atoms with E-state index >= 15 is 0 Å². The molecule has 0 bridgehead atoms. The monoisotopic (exact) mass is 196 g/mol. The molecule has 1 atom stereocenters. The van der Waals surface area contributed by atoms with Gasteiger partial charge in [0.1, 0.15) is 0 Å². The van der Waals surface area contributed by atoms with Gasteiger partial charge in [0.2, 0.25) is 0 Å². The molecule has 0 aliphatic heterocycles. The van der Waals surface area contributed by atoms with Crippen LogP contribution in [0.1, 0.15) is 20.8 Å². The van der Waals surface area contributed by atoms with Crippen LogP contribution in [0.3, 0.4) is 0 Å². The lowest BCUT2D eigenvalue weighted by atomic mass is 9.90. The molecule has 0 rings (SSSR count). The van der Waals surface area contributed by atoms with E-state index in [0.29, 0.717) is 0 Å². The summed E-state index contributed by atoms with van der Waals surface area (Å²) in [6, 6.07) is 0. The molecule has 0 saturated carbocycles. The smallest absolute Gasteiger partial charge is 0.329 e. The fourth-order valence-corrected chi connectivity index (χ4v) is 1.55. The van der Waals surface area contributed by atoms with Gasteiger partial charge in [-0.1, -0.05) is 0 Å². The first-order chi connectivity index (χ1) is 5.10. The number of hydrogen-bond acceptors (Lipinski definition) is 2. The summed E-state index contributed by atoms with van der Waals surface area (Å²) in [4.78, 5) is 28.0. The van der Waals surface area contributed by atoms with Crippen LogP contribution < -0.4 is 0 Å². The molecule has 12 heavy (non-hydrogen) atoms. The Kier molecular flexibility index (Phi) is 3.07. The number of rotatable bonds is 3. The van der Waals surface area contributed by atoms with Crippen LogP contribution in [0.15, 0.2) is 0 Å². The lowest BCUT2D eigenvalue weighted by molar-refractivity contribution is -0.147. The van der Waals surface area contributed by atoms with Gasteiger partial charge < -0.3 is 14.9 Å².